The largest absolute Gasteiger partial charge is 0.385 e. The monoisotopic (exact) mass is 339 g/mol. The maximum atomic E-state index is 12.9. The number of carbonyl (C=O) groups excluding carboxylic acids is 2. The minimum absolute atomic E-state index is 0.00529. The molecule has 2 aliphatic heterocycles. The maximum Gasteiger partial charge on any atom is 0.227 e. The highest BCUT2D eigenvalue weighted by Gasteiger charge is 2.31. The summed E-state index contributed by atoms with van der Waals surface area (Å²) in [6.45, 7) is 8.80. The van der Waals surface area contributed by atoms with Crippen molar-refractivity contribution in [3.8, 4) is 0 Å². The van der Waals surface area contributed by atoms with Gasteiger partial charge in [-0.15, -0.1) is 0 Å². The van der Waals surface area contributed by atoms with Gasteiger partial charge in [0.1, 0.15) is 0 Å². The van der Waals surface area contributed by atoms with E-state index in [1.165, 1.54) is 0 Å². The molecule has 2 saturated heterocycles. The molecule has 0 bridgehead atoms. The van der Waals surface area contributed by atoms with Gasteiger partial charge >= 0.3 is 0 Å². The molecule has 0 aromatic rings. The molecule has 2 fully saturated rings. The number of hydrogen-bond acceptors (Lipinski definition) is 4. The Kier molecular flexibility index (Phi) is 7.99. The van der Waals surface area contributed by atoms with E-state index < -0.39 is 0 Å². The van der Waals surface area contributed by atoms with Crippen LogP contribution in [0.2, 0.25) is 0 Å². The normalized spacial score (nSPS) is 23.2. The second-order valence-electron chi connectivity index (χ2n) is 6.90. The third-order valence-electron chi connectivity index (χ3n) is 5.15. The first-order valence-electron chi connectivity index (χ1n) is 9.43. The number of hydrogen-bond donors (Lipinski definition) is 0. The van der Waals surface area contributed by atoms with Crippen molar-refractivity contribution in [3.63, 3.8) is 0 Å². The van der Waals surface area contributed by atoms with E-state index in [-0.39, 0.29) is 17.7 Å². The molecule has 6 nitrogen and oxygen atoms in total. The average molecular weight is 339 g/mol. The summed E-state index contributed by atoms with van der Waals surface area (Å²) in [5, 5.41) is 0. The second kappa shape index (κ2) is 9.99. The van der Waals surface area contributed by atoms with Crippen molar-refractivity contribution < 1.29 is 14.3 Å². The third-order valence-corrected chi connectivity index (χ3v) is 5.15. The van der Waals surface area contributed by atoms with Gasteiger partial charge in [-0.05, 0) is 32.2 Å². The number of likely N-dealkylation sites (tertiary alicyclic amines) is 1. The average Bonchev–Trinajstić information content (AvgIpc) is 2.86. The Hall–Kier alpha value is -1.14. The molecule has 0 N–H and O–H groups in total. The van der Waals surface area contributed by atoms with Crippen LogP contribution in [0.4, 0.5) is 0 Å². The zero-order valence-corrected chi connectivity index (χ0v) is 15.3. The fraction of sp³-hybridized carbons (Fsp3) is 0.889. The molecule has 6 heteroatoms. The van der Waals surface area contributed by atoms with Crippen LogP contribution in [0.3, 0.4) is 0 Å². The van der Waals surface area contributed by atoms with Crippen LogP contribution in [-0.4, -0.2) is 86.0 Å². The molecule has 2 amide bonds. The molecule has 0 spiro atoms. The van der Waals surface area contributed by atoms with Crippen LogP contribution < -0.4 is 0 Å². The first kappa shape index (κ1) is 19.2. The Morgan fingerprint density at radius 3 is 2.58 bits per heavy atom. The molecule has 0 unspecified atom stereocenters. The van der Waals surface area contributed by atoms with Gasteiger partial charge in [-0.1, -0.05) is 6.92 Å². The van der Waals surface area contributed by atoms with Crippen molar-refractivity contribution in [2.75, 3.05) is 59.5 Å². The summed E-state index contributed by atoms with van der Waals surface area (Å²) in [6.07, 6.45) is 4.46. The van der Waals surface area contributed by atoms with Gasteiger partial charge in [0.15, 0.2) is 0 Å². The van der Waals surface area contributed by atoms with E-state index in [0.29, 0.717) is 13.0 Å². The molecule has 1 atom stereocenters. The fourth-order valence-electron chi connectivity index (χ4n) is 3.73. The standard InChI is InChI=1S/C18H33N3O3/c1-3-17(22)21-10-4-7-16(15-21)18(23)20-11-5-8-19(12-13-20)9-6-14-24-2/h16H,3-15H2,1-2H3/t16-/m0/s1. The molecule has 0 aliphatic carbocycles. The Bertz CT molecular complexity index is 416. The predicted octanol–water partition coefficient (Wildman–Crippen LogP) is 1.21. The van der Waals surface area contributed by atoms with Crippen LogP contribution in [0.1, 0.15) is 39.0 Å². The Labute approximate surface area is 146 Å². The van der Waals surface area contributed by atoms with Gasteiger partial charge in [0.25, 0.3) is 0 Å². The molecule has 24 heavy (non-hydrogen) atoms. The molecular weight excluding hydrogens is 306 g/mol. The van der Waals surface area contributed by atoms with E-state index in [9.17, 15) is 9.59 Å². The summed E-state index contributed by atoms with van der Waals surface area (Å²) >= 11 is 0. The zero-order chi connectivity index (χ0) is 17.4. The second-order valence-corrected chi connectivity index (χ2v) is 6.90. The zero-order valence-electron chi connectivity index (χ0n) is 15.3. The number of piperidine rings is 1. The lowest BCUT2D eigenvalue weighted by Crippen LogP contribution is -2.47. The van der Waals surface area contributed by atoms with Gasteiger partial charge in [0, 0.05) is 59.4 Å². The predicted molar refractivity (Wildman–Crippen MR) is 93.7 cm³/mol. The Balaban J connectivity index is 1.82. The number of rotatable bonds is 6. The molecule has 0 aromatic carbocycles. The molecular formula is C18H33N3O3. The van der Waals surface area contributed by atoms with E-state index in [1.807, 2.05) is 16.7 Å². The van der Waals surface area contributed by atoms with Gasteiger partial charge in [-0.3, -0.25) is 9.59 Å². The molecule has 2 rings (SSSR count). The summed E-state index contributed by atoms with van der Waals surface area (Å²) in [7, 11) is 1.74. The van der Waals surface area contributed by atoms with Crippen molar-refractivity contribution in [2.45, 2.75) is 39.0 Å². The highest BCUT2D eigenvalue weighted by Crippen LogP contribution is 2.20. The molecule has 138 valence electrons. The van der Waals surface area contributed by atoms with Gasteiger partial charge in [-0.25, -0.2) is 0 Å². The van der Waals surface area contributed by atoms with Crippen molar-refractivity contribution in [2.24, 2.45) is 5.92 Å². The lowest BCUT2D eigenvalue weighted by molar-refractivity contribution is -0.140. The smallest absolute Gasteiger partial charge is 0.227 e. The lowest BCUT2D eigenvalue weighted by atomic mass is 9.96. The van der Waals surface area contributed by atoms with E-state index in [1.54, 1.807) is 7.11 Å². The van der Waals surface area contributed by atoms with Crippen LogP contribution >= 0.6 is 0 Å². The first-order chi connectivity index (χ1) is 11.7. The van der Waals surface area contributed by atoms with E-state index in [0.717, 1.165) is 71.6 Å². The number of carbonyl (C=O) groups is 2. The molecule has 0 radical (unpaired) electrons. The SMILES string of the molecule is CCC(=O)N1CCC[C@H](C(=O)N2CCCN(CCCOC)CC2)C1. The van der Waals surface area contributed by atoms with Crippen molar-refractivity contribution in [1.82, 2.24) is 14.7 Å². The molecule has 2 aliphatic rings. The van der Waals surface area contributed by atoms with Crippen molar-refractivity contribution >= 4 is 11.8 Å². The summed E-state index contributed by atoms with van der Waals surface area (Å²) in [5.74, 6) is 0.421. The lowest BCUT2D eigenvalue weighted by Gasteiger charge is -2.34. The molecule has 0 saturated carbocycles. The highest BCUT2D eigenvalue weighted by molar-refractivity contribution is 5.81. The minimum Gasteiger partial charge on any atom is -0.385 e. The third kappa shape index (κ3) is 5.45. The van der Waals surface area contributed by atoms with Gasteiger partial charge in [0.05, 0.1) is 5.92 Å². The van der Waals surface area contributed by atoms with Crippen LogP contribution in [0, 0.1) is 5.92 Å². The van der Waals surface area contributed by atoms with E-state index in [2.05, 4.69) is 4.90 Å². The molecule has 0 aromatic heterocycles. The van der Waals surface area contributed by atoms with Gasteiger partial charge in [0.2, 0.25) is 11.8 Å². The number of methoxy groups -OCH3 is 1. The summed E-state index contributed by atoms with van der Waals surface area (Å²) in [6, 6.07) is 0. The Morgan fingerprint density at radius 1 is 1.04 bits per heavy atom. The van der Waals surface area contributed by atoms with Gasteiger partial charge < -0.3 is 19.4 Å². The van der Waals surface area contributed by atoms with E-state index >= 15 is 0 Å². The van der Waals surface area contributed by atoms with Crippen LogP contribution in [-0.2, 0) is 14.3 Å². The van der Waals surface area contributed by atoms with Gasteiger partial charge in [-0.2, -0.15) is 0 Å². The fourth-order valence-corrected chi connectivity index (χ4v) is 3.73. The number of amides is 2. The van der Waals surface area contributed by atoms with Crippen LogP contribution in [0.15, 0.2) is 0 Å². The first-order valence-corrected chi connectivity index (χ1v) is 9.43. The maximum absolute atomic E-state index is 12.9. The van der Waals surface area contributed by atoms with Crippen molar-refractivity contribution in [1.29, 1.82) is 0 Å². The Morgan fingerprint density at radius 2 is 1.83 bits per heavy atom. The summed E-state index contributed by atoms with van der Waals surface area (Å²) in [5.41, 5.74) is 0. The van der Waals surface area contributed by atoms with Crippen LogP contribution in [0.25, 0.3) is 0 Å². The van der Waals surface area contributed by atoms with Crippen molar-refractivity contribution in [3.05, 3.63) is 0 Å². The summed E-state index contributed by atoms with van der Waals surface area (Å²) in [4.78, 5) is 31.1. The quantitative estimate of drug-likeness (QED) is 0.683. The highest BCUT2D eigenvalue weighted by atomic mass is 16.5. The topological polar surface area (TPSA) is 53.1 Å². The van der Waals surface area contributed by atoms with Crippen LogP contribution in [0.5, 0.6) is 0 Å². The van der Waals surface area contributed by atoms with E-state index in [4.69, 9.17) is 4.74 Å². The number of nitrogens with zero attached hydrogens (tertiary/aromatic N) is 3. The summed E-state index contributed by atoms with van der Waals surface area (Å²) < 4.78 is 5.12. The minimum atomic E-state index is -0.00529. The molecule has 2 heterocycles. The number of ether oxygens (including phenoxy) is 1.